The molecular weight excluding hydrogens is 436 g/mol. The van der Waals surface area contributed by atoms with Crippen LogP contribution in [-0.4, -0.2) is 42.6 Å². The highest BCUT2D eigenvalue weighted by Gasteiger charge is 2.12. The maximum atomic E-state index is 12.3. The number of nitrogens with one attached hydrogen (secondary N) is 1. The Labute approximate surface area is 187 Å². The number of benzene rings is 2. The largest absolute Gasteiger partial charge is 0.497 e. The molecule has 1 aromatic heterocycles. The molecule has 3 rings (SSSR count). The summed E-state index contributed by atoms with van der Waals surface area (Å²) in [5.41, 5.74) is 2.23. The molecule has 0 aliphatic rings. The first-order chi connectivity index (χ1) is 15.0. The molecule has 2 aromatic carbocycles. The first kappa shape index (κ1) is 22.5. The fraction of sp³-hybridized carbons (Fsp3) is 0.182. The first-order valence-electron chi connectivity index (χ1n) is 9.21. The first-order valence-corrected chi connectivity index (χ1v) is 11.1. The van der Waals surface area contributed by atoms with Crippen LogP contribution in [0.1, 0.15) is 26.4 Å². The van der Waals surface area contributed by atoms with E-state index in [1.807, 2.05) is 0 Å². The van der Waals surface area contributed by atoms with Gasteiger partial charge in [0.2, 0.25) is 5.91 Å². The number of Topliss-reactive ketones (excluding diaryl/α,β-unsaturated/α-hetero) is 1. The van der Waals surface area contributed by atoms with Crippen LogP contribution in [0, 0.1) is 0 Å². The lowest BCUT2D eigenvalue weighted by atomic mass is 10.1. The minimum absolute atomic E-state index is 0.00227. The Bertz CT molecular complexity index is 1060. The van der Waals surface area contributed by atoms with Crippen molar-refractivity contribution in [3.8, 4) is 5.75 Å². The lowest BCUT2D eigenvalue weighted by Gasteiger charge is -2.05. The number of amides is 1. The maximum absolute atomic E-state index is 12.3. The van der Waals surface area contributed by atoms with E-state index >= 15 is 0 Å². The van der Waals surface area contributed by atoms with Crippen molar-refractivity contribution in [2.24, 2.45) is 0 Å². The van der Waals surface area contributed by atoms with Crippen LogP contribution < -0.4 is 10.1 Å². The summed E-state index contributed by atoms with van der Waals surface area (Å²) in [5.74, 6) is 0.305. The van der Waals surface area contributed by atoms with Gasteiger partial charge in [-0.15, -0.1) is 11.3 Å². The van der Waals surface area contributed by atoms with E-state index in [0.29, 0.717) is 28.3 Å². The zero-order valence-electron chi connectivity index (χ0n) is 16.9. The molecule has 0 radical (unpaired) electrons. The molecule has 0 atom stereocenters. The number of anilines is 1. The molecule has 0 aliphatic heterocycles. The number of carbonyl (C=O) groups excluding carboxylic acids is 3. The number of hydrogen-bond donors (Lipinski definition) is 1. The normalized spacial score (nSPS) is 10.4. The van der Waals surface area contributed by atoms with Gasteiger partial charge in [-0.05, 0) is 48.5 Å². The number of carbonyl (C=O) groups is 3. The van der Waals surface area contributed by atoms with Crippen molar-refractivity contribution in [2.75, 3.05) is 25.3 Å². The summed E-state index contributed by atoms with van der Waals surface area (Å²) in [6, 6.07) is 13.4. The molecule has 1 N–H and O–H groups in total. The van der Waals surface area contributed by atoms with Crippen molar-refractivity contribution in [2.45, 2.75) is 10.8 Å². The molecule has 7 nitrogen and oxygen atoms in total. The molecule has 0 bridgehead atoms. The number of ether oxygens (including phenoxy) is 2. The third-order valence-electron chi connectivity index (χ3n) is 4.20. The molecule has 0 saturated carbocycles. The van der Waals surface area contributed by atoms with Crippen LogP contribution in [0.2, 0.25) is 0 Å². The van der Waals surface area contributed by atoms with E-state index in [2.05, 4.69) is 15.0 Å². The summed E-state index contributed by atoms with van der Waals surface area (Å²) in [6.07, 6.45) is 0.113. The van der Waals surface area contributed by atoms with Crippen LogP contribution in [0.4, 0.5) is 5.69 Å². The lowest BCUT2D eigenvalue weighted by molar-refractivity contribution is -0.115. The molecule has 1 amide bonds. The van der Waals surface area contributed by atoms with Crippen LogP contribution >= 0.6 is 23.1 Å². The van der Waals surface area contributed by atoms with Gasteiger partial charge in [0.25, 0.3) is 0 Å². The SMILES string of the molecule is COC(=O)c1ccc(NC(=O)Cc2csc(SCC(=O)c3ccc(OC)cc3)n2)cc1. The van der Waals surface area contributed by atoms with Crippen molar-refractivity contribution in [1.29, 1.82) is 0 Å². The van der Waals surface area contributed by atoms with Crippen LogP contribution in [0.5, 0.6) is 5.75 Å². The van der Waals surface area contributed by atoms with Crippen molar-refractivity contribution in [3.05, 3.63) is 70.7 Å². The molecular formula is C22H20N2O5S2. The molecule has 0 saturated heterocycles. The van der Waals surface area contributed by atoms with Crippen LogP contribution in [0.25, 0.3) is 0 Å². The second-order valence-corrected chi connectivity index (χ2v) is 8.42. The van der Waals surface area contributed by atoms with Gasteiger partial charge in [-0.25, -0.2) is 9.78 Å². The molecule has 0 aliphatic carbocycles. The van der Waals surface area contributed by atoms with Gasteiger partial charge in [0.05, 0.1) is 37.7 Å². The smallest absolute Gasteiger partial charge is 0.337 e. The van der Waals surface area contributed by atoms with E-state index in [4.69, 9.17) is 4.74 Å². The Morgan fingerprint density at radius 3 is 2.32 bits per heavy atom. The average Bonchev–Trinajstić information content (AvgIpc) is 3.24. The van der Waals surface area contributed by atoms with E-state index in [-0.39, 0.29) is 23.9 Å². The van der Waals surface area contributed by atoms with Crippen molar-refractivity contribution >= 4 is 46.4 Å². The predicted octanol–water partition coefficient (Wildman–Crippen LogP) is 4.09. The van der Waals surface area contributed by atoms with Gasteiger partial charge in [-0.3, -0.25) is 9.59 Å². The Kier molecular flexibility index (Phi) is 7.80. The fourth-order valence-electron chi connectivity index (χ4n) is 2.60. The van der Waals surface area contributed by atoms with E-state index < -0.39 is 5.97 Å². The molecule has 31 heavy (non-hydrogen) atoms. The van der Waals surface area contributed by atoms with Gasteiger partial charge in [-0.2, -0.15) is 0 Å². The third kappa shape index (κ3) is 6.40. The summed E-state index contributed by atoms with van der Waals surface area (Å²) >= 11 is 2.74. The van der Waals surface area contributed by atoms with Crippen molar-refractivity contribution in [1.82, 2.24) is 4.98 Å². The van der Waals surface area contributed by atoms with Gasteiger partial charge >= 0.3 is 5.97 Å². The number of nitrogens with zero attached hydrogens (tertiary/aromatic N) is 1. The number of ketones is 1. The number of thioether (sulfide) groups is 1. The molecule has 0 spiro atoms. The number of esters is 1. The Morgan fingerprint density at radius 1 is 1.00 bits per heavy atom. The summed E-state index contributed by atoms with van der Waals surface area (Å²) in [4.78, 5) is 40.4. The highest BCUT2D eigenvalue weighted by molar-refractivity contribution is 8.01. The fourth-order valence-corrected chi connectivity index (χ4v) is 4.34. The zero-order valence-corrected chi connectivity index (χ0v) is 18.5. The number of thiazole rings is 1. The number of aromatic nitrogens is 1. The van der Waals surface area contributed by atoms with Gasteiger partial charge in [0.15, 0.2) is 10.1 Å². The quantitative estimate of drug-likeness (QED) is 0.294. The Balaban J connectivity index is 1.49. The van der Waals surface area contributed by atoms with Gasteiger partial charge < -0.3 is 14.8 Å². The molecule has 0 fully saturated rings. The van der Waals surface area contributed by atoms with E-state index in [0.717, 1.165) is 4.34 Å². The summed E-state index contributed by atoms with van der Waals surface area (Å²) in [6.45, 7) is 0. The van der Waals surface area contributed by atoms with Crippen LogP contribution in [0.3, 0.4) is 0 Å². The number of rotatable bonds is 9. The molecule has 3 aromatic rings. The highest BCUT2D eigenvalue weighted by atomic mass is 32.2. The molecule has 1 heterocycles. The van der Waals surface area contributed by atoms with Gasteiger partial charge in [0.1, 0.15) is 5.75 Å². The lowest BCUT2D eigenvalue weighted by Crippen LogP contribution is -2.14. The van der Waals surface area contributed by atoms with Gasteiger partial charge in [0, 0.05) is 16.6 Å². The maximum Gasteiger partial charge on any atom is 0.337 e. The minimum atomic E-state index is -0.434. The molecule has 0 unspecified atom stereocenters. The minimum Gasteiger partial charge on any atom is -0.497 e. The third-order valence-corrected chi connectivity index (χ3v) is 6.27. The summed E-state index contributed by atoms with van der Waals surface area (Å²) in [7, 11) is 2.89. The monoisotopic (exact) mass is 456 g/mol. The number of methoxy groups -OCH3 is 2. The van der Waals surface area contributed by atoms with Gasteiger partial charge in [-0.1, -0.05) is 11.8 Å². The Hall–Kier alpha value is -3.17. The van der Waals surface area contributed by atoms with Crippen LogP contribution in [-0.2, 0) is 16.0 Å². The van der Waals surface area contributed by atoms with Crippen LogP contribution in [0.15, 0.2) is 58.3 Å². The van der Waals surface area contributed by atoms with E-state index in [1.54, 1.807) is 61.0 Å². The second kappa shape index (κ2) is 10.7. The molecule has 9 heteroatoms. The highest BCUT2D eigenvalue weighted by Crippen LogP contribution is 2.24. The average molecular weight is 457 g/mol. The topological polar surface area (TPSA) is 94.6 Å². The summed E-state index contributed by atoms with van der Waals surface area (Å²) < 4.78 is 10.5. The standard InChI is InChI=1S/C22H20N2O5S2/c1-28-18-9-5-14(6-10-18)19(25)13-31-22-24-17(12-30-22)11-20(26)23-16-7-3-15(4-8-16)21(27)29-2/h3-10,12H,11,13H2,1-2H3,(H,23,26). The van der Waals surface area contributed by atoms with Crippen molar-refractivity contribution < 1.29 is 23.9 Å². The zero-order chi connectivity index (χ0) is 22.2. The molecule has 160 valence electrons. The Morgan fingerprint density at radius 2 is 1.68 bits per heavy atom. The predicted molar refractivity (Wildman–Crippen MR) is 120 cm³/mol. The van der Waals surface area contributed by atoms with E-state index in [1.165, 1.54) is 30.2 Å². The van der Waals surface area contributed by atoms with Crippen molar-refractivity contribution in [3.63, 3.8) is 0 Å². The summed E-state index contributed by atoms with van der Waals surface area (Å²) in [5, 5.41) is 4.57. The second-order valence-electron chi connectivity index (χ2n) is 6.34. The van der Waals surface area contributed by atoms with E-state index in [9.17, 15) is 14.4 Å². The number of hydrogen-bond acceptors (Lipinski definition) is 8.